The lowest BCUT2D eigenvalue weighted by Gasteiger charge is -2.30. The first kappa shape index (κ1) is 15.8. The molecular weight excluding hydrogens is 222 g/mol. The van der Waals surface area contributed by atoms with Crippen LogP contribution in [0.2, 0.25) is 0 Å². The monoisotopic (exact) mass is 247 g/mol. The van der Waals surface area contributed by atoms with Gasteiger partial charge in [0.1, 0.15) is 5.88 Å². The van der Waals surface area contributed by atoms with Crippen molar-refractivity contribution in [2.75, 3.05) is 19.5 Å². The van der Waals surface area contributed by atoms with Gasteiger partial charge in [0.15, 0.2) is 0 Å². The molecule has 96 valence electrons. The van der Waals surface area contributed by atoms with Crippen molar-refractivity contribution in [1.82, 2.24) is 4.90 Å². The molecule has 0 aromatic carbocycles. The van der Waals surface area contributed by atoms with Crippen molar-refractivity contribution < 1.29 is 4.79 Å². The average Bonchev–Trinajstić information content (AvgIpc) is 2.32. The Morgan fingerprint density at radius 3 is 2.38 bits per heavy atom. The predicted octanol–water partition coefficient (Wildman–Crippen LogP) is 3.68. The third-order valence-electron chi connectivity index (χ3n) is 3.58. The zero-order valence-electron chi connectivity index (χ0n) is 11.2. The molecular formula is C13H26ClNO. The lowest BCUT2D eigenvalue weighted by Crippen LogP contribution is -2.32. The Labute approximate surface area is 105 Å². The smallest absolute Gasteiger partial charge is 0.237 e. The molecule has 0 rings (SSSR count). The number of carbonyl (C=O) groups excluding carboxylic acids is 1. The second-order valence-electron chi connectivity index (χ2n) is 4.97. The van der Waals surface area contributed by atoms with E-state index in [2.05, 4.69) is 20.8 Å². The third-order valence-corrected chi connectivity index (χ3v) is 3.81. The van der Waals surface area contributed by atoms with Crippen molar-refractivity contribution in [1.29, 1.82) is 0 Å². The van der Waals surface area contributed by atoms with Gasteiger partial charge in [-0.2, -0.15) is 0 Å². The van der Waals surface area contributed by atoms with E-state index < -0.39 is 0 Å². The van der Waals surface area contributed by atoms with E-state index in [0.29, 0.717) is 5.41 Å². The maximum absolute atomic E-state index is 11.3. The highest BCUT2D eigenvalue weighted by atomic mass is 35.5. The highest BCUT2D eigenvalue weighted by Gasteiger charge is 2.22. The third kappa shape index (κ3) is 5.74. The molecule has 0 heterocycles. The molecule has 1 atom stereocenters. The van der Waals surface area contributed by atoms with Crippen LogP contribution in [0.4, 0.5) is 0 Å². The quantitative estimate of drug-likeness (QED) is 0.600. The van der Waals surface area contributed by atoms with Crippen molar-refractivity contribution in [2.45, 2.75) is 52.9 Å². The highest BCUT2D eigenvalue weighted by molar-refractivity contribution is 6.27. The molecule has 1 unspecified atom stereocenters. The van der Waals surface area contributed by atoms with Crippen LogP contribution in [-0.4, -0.2) is 30.3 Å². The summed E-state index contributed by atoms with van der Waals surface area (Å²) in [6, 6.07) is 0. The summed E-state index contributed by atoms with van der Waals surface area (Å²) >= 11 is 5.52. The van der Waals surface area contributed by atoms with Crippen molar-refractivity contribution in [2.24, 2.45) is 5.41 Å². The molecule has 0 aliphatic carbocycles. The number of hydrogen-bond acceptors (Lipinski definition) is 1. The Kier molecular flexibility index (Phi) is 7.82. The van der Waals surface area contributed by atoms with Crippen LogP contribution in [0.3, 0.4) is 0 Å². The van der Waals surface area contributed by atoms with E-state index in [1.165, 1.54) is 25.7 Å². The van der Waals surface area contributed by atoms with Gasteiger partial charge in [0.05, 0.1) is 0 Å². The molecule has 3 heteroatoms. The second-order valence-corrected chi connectivity index (χ2v) is 5.23. The first-order valence-electron chi connectivity index (χ1n) is 6.29. The van der Waals surface area contributed by atoms with Gasteiger partial charge in [0.25, 0.3) is 0 Å². The molecule has 0 N–H and O–H groups in total. The molecule has 0 radical (unpaired) electrons. The van der Waals surface area contributed by atoms with Crippen LogP contribution in [0.15, 0.2) is 0 Å². The lowest BCUT2D eigenvalue weighted by atomic mass is 9.79. The molecule has 0 bridgehead atoms. The minimum Gasteiger partial charge on any atom is -0.345 e. The van der Waals surface area contributed by atoms with Crippen LogP contribution >= 0.6 is 11.6 Å². The van der Waals surface area contributed by atoms with E-state index >= 15 is 0 Å². The van der Waals surface area contributed by atoms with Crippen LogP contribution in [0.25, 0.3) is 0 Å². The van der Waals surface area contributed by atoms with Crippen LogP contribution in [-0.2, 0) is 4.79 Å². The zero-order chi connectivity index (χ0) is 12.6. The minimum absolute atomic E-state index is 0.0237. The van der Waals surface area contributed by atoms with Crippen molar-refractivity contribution in [3.05, 3.63) is 0 Å². The Morgan fingerprint density at radius 1 is 1.31 bits per heavy atom. The molecule has 0 spiro atoms. The summed E-state index contributed by atoms with van der Waals surface area (Å²) in [7, 11) is 1.83. The second kappa shape index (κ2) is 7.94. The van der Waals surface area contributed by atoms with Crippen molar-refractivity contribution in [3.63, 3.8) is 0 Å². The number of rotatable bonds is 8. The summed E-state index contributed by atoms with van der Waals surface area (Å²) in [4.78, 5) is 13.1. The Balaban J connectivity index is 4.07. The molecule has 0 aliphatic heterocycles. The van der Waals surface area contributed by atoms with E-state index in [1.54, 1.807) is 4.90 Å². The number of amides is 1. The maximum atomic E-state index is 11.3. The minimum atomic E-state index is 0.0237. The van der Waals surface area contributed by atoms with E-state index in [4.69, 9.17) is 11.6 Å². The summed E-state index contributed by atoms with van der Waals surface area (Å²) in [6.07, 6.45) is 6.02. The van der Waals surface area contributed by atoms with E-state index in [0.717, 1.165) is 13.0 Å². The molecule has 0 saturated carbocycles. The SMILES string of the molecule is CCCCC(C)(CC)CCN(C)C(=O)CCl. The molecule has 1 amide bonds. The number of unbranched alkanes of at least 4 members (excludes halogenated alkanes) is 1. The number of carbonyl (C=O) groups is 1. The van der Waals surface area contributed by atoms with Crippen LogP contribution < -0.4 is 0 Å². The van der Waals surface area contributed by atoms with Crippen molar-refractivity contribution >= 4 is 17.5 Å². The van der Waals surface area contributed by atoms with Crippen LogP contribution in [0.5, 0.6) is 0 Å². The van der Waals surface area contributed by atoms with Gasteiger partial charge in [-0.3, -0.25) is 4.79 Å². The number of nitrogens with zero attached hydrogens (tertiary/aromatic N) is 1. The van der Waals surface area contributed by atoms with Crippen LogP contribution in [0.1, 0.15) is 52.9 Å². The summed E-state index contributed by atoms with van der Waals surface area (Å²) in [5, 5.41) is 0. The largest absolute Gasteiger partial charge is 0.345 e. The normalized spacial score (nSPS) is 14.6. The molecule has 0 aliphatic rings. The van der Waals surface area contributed by atoms with Gasteiger partial charge in [0.2, 0.25) is 5.91 Å². The van der Waals surface area contributed by atoms with Gasteiger partial charge in [-0.15, -0.1) is 11.6 Å². The first-order valence-corrected chi connectivity index (χ1v) is 6.82. The van der Waals surface area contributed by atoms with Gasteiger partial charge >= 0.3 is 0 Å². The Morgan fingerprint density at radius 2 is 1.94 bits per heavy atom. The fourth-order valence-corrected chi connectivity index (χ4v) is 1.95. The van der Waals surface area contributed by atoms with E-state index in [1.807, 2.05) is 7.05 Å². The van der Waals surface area contributed by atoms with Crippen molar-refractivity contribution in [3.8, 4) is 0 Å². The highest BCUT2D eigenvalue weighted by Crippen LogP contribution is 2.32. The maximum Gasteiger partial charge on any atom is 0.237 e. The average molecular weight is 248 g/mol. The molecule has 2 nitrogen and oxygen atoms in total. The summed E-state index contributed by atoms with van der Waals surface area (Å²) in [5.74, 6) is 0.115. The van der Waals surface area contributed by atoms with Gasteiger partial charge in [-0.25, -0.2) is 0 Å². The standard InChI is InChI=1S/C13H26ClNO/c1-5-7-8-13(3,6-2)9-10-15(4)12(16)11-14/h5-11H2,1-4H3. The number of hydrogen-bond donors (Lipinski definition) is 0. The number of halogens is 1. The molecule has 0 aromatic rings. The molecule has 0 fully saturated rings. The summed E-state index contributed by atoms with van der Waals surface area (Å²) < 4.78 is 0. The van der Waals surface area contributed by atoms with Gasteiger partial charge in [-0.05, 0) is 18.3 Å². The first-order chi connectivity index (χ1) is 7.49. The fraction of sp³-hybridized carbons (Fsp3) is 0.923. The van der Waals surface area contributed by atoms with E-state index in [9.17, 15) is 4.79 Å². The van der Waals surface area contributed by atoms with Gasteiger partial charge in [0, 0.05) is 13.6 Å². The molecule has 0 saturated heterocycles. The topological polar surface area (TPSA) is 20.3 Å². The van der Waals surface area contributed by atoms with E-state index in [-0.39, 0.29) is 11.8 Å². The van der Waals surface area contributed by atoms with Gasteiger partial charge < -0.3 is 4.90 Å². The fourth-order valence-electron chi connectivity index (χ4n) is 1.75. The van der Waals surface area contributed by atoms with Gasteiger partial charge in [-0.1, -0.05) is 40.0 Å². The molecule has 0 aromatic heterocycles. The number of alkyl halides is 1. The summed E-state index contributed by atoms with van der Waals surface area (Å²) in [6.45, 7) is 7.60. The van der Waals surface area contributed by atoms with Crippen LogP contribution in [0, 0.1) is 5.41 Å². The summed E-state index contributed by atoms with van der Waals surface area (Å²) in [5.41, 5.74) is 0.372. The molecule has 16 heavy (non-hydrogen) atoms. The lowest BCUT2D eigenvalue weighted by molar-refractivity contribution is -0.127. The zero-order valence-corrected chi connectivity index (χ0v) is 11.9. The predicted molar refractivity (Wildman–Crippen MR) is 70.9 cm³/mol. The Hall–Kier alpha value is -0.240. The Bertz CT molecular complexity index is 208.